The van der Waals surface area contributed by atoms with E-state index < -0.39 is 0 Å². The van der Waals surface area contributed by atoms with E-state index in [1.807, 2.05) is 18.2 Å². The van der Waals surface area contributed by atoms with Gasteiger partial charge in [-0.3, -0.25) is 0 Å². The van der Waals surface area contributed by atoms with Crippen LogP contribution in [-0.2, 0) is 6.42 Å². The first-order chi connectivity index (χ1) is 4.83. The van der Waals surface area contributed by atoms with Crippen molar-refractivity contribution in [3.05, 3.63) is 29.8 Å². The molecule has 1 N–H and O–H groups in total. The molecule has 0 atom stereocenters. The van der Waals surface area contributed by atoms with Crippen molar-refractivity contribution in [2.75, 3.05) is 0 Å². The lowest BCUT2D eigenvalue weighted by Crippen LogP contribution is -1.80. The highest BCUT2D eigenvalue weighted by Crippen LogP contribution is 2.11. The molecule has 0 aliphatic rings. The predicted octanol–water partition coefficient (Wildman–Crippen LogP) is 2.98. The Balaban J connectivity index is 0.000001000. The number of aromatic hydroxyl groups is 1. The molecule has 0 bridgehead atoms. The maximum Gasteiger partial charge on any atom is 0.115 e. The second-order valence-electron chi connectivity index (χ2n) is 2.42. The highest BCUT2D eigenvalue weighted by Gasteiger charge is 1.90. The van der Waals surface area contributed by atoms with Crippen LogP contribution in [0.4, 0.5) is 0 Å². The number of rotatable bonds is 2. The molecule has 1 heteroatoms. The highest BCUT2D eigenvalue weighted by molar-refractivity contribution is 5.26. The Kier molecular flexibility index (Phi) is 4.35. The maximum absolute atomic E-state index is 9.04. The lowest BCUT2D eigenvalue weighted by atomic mass is 10.1. The van der Waals surface area contributed by atoms with Crippen LogP contribution >= 0.6 is 0 Å². The third-order valence-corrected chi connectivity index (χ3v) is 1.45. The number of benzene rings is 1. The molecule has 0 aliphatic heterocycles. The van der Waals surface area contributed by atoms with Crippen molar-refractivity contribution in [3.63, 3.8) is 0 Å². The van der Waals surface area contributed by atoms with Crippen LogP contribution in [-0.4, -0.2) is 5.11 Å². The minimum atomic E-state index is 0. The molecule has 1 aromatic carbocycles. The first kappa shape index (κ1) is 10.0. The summed E-state index contributed by atoms with van der Waals surface area (Å²) in [6.45, 7) is 2.13. The van der Waals surface area contributed by atoms with Crippen LogP contribution in [0.25, 0.3) is 0 Å². The summed E-state index contributed by atoms with van der Waals surface area (Å²) in [4.78, 5) is 0. The lowest BCUT2D eigenvalue weighted by Gasteiger charge is -1.97. The van der Waals surface area contributed by atoms with E-state index in [2.05, 4.69) is 6.92 Å². The molecule has 0 spiro atoms. The Bertz CT molecular complexity index is 206. The van der Waals surface area contributed by atoms with E-state index >= 15 is 0 Å². The Labute approximate surface area is 68.7 Å². The van der Waals surface area contributed by atoms with E-state index in [1.54, 1.807) is 6.07 Å². The van der Waals surface area contributed by atoms with Gasteiger partial charge in [0, 0.05) is 0 Å². The third kappa shape index (κ3) is 3.08. The first-order valence-corrected chi connectivity index (χ1v) is 3.61. The van der Waals surface area contributed by atoms with E-state index in [0.29, 0.717) is 5.75 Å². The van der Waals surface area contributed by atoms with Gasteiger partial charge in [-0.2, -0.15) is 0 Å². The van der Waals surface area contributed by atoms with Crippen LogP contribution in [0.2, 0.25) is 0 Å². The number of aryl methyl sites for hydroxylation is 1. The van der Waals surface area contributed by atoms with Gasteiger partial charge in [-0.25, -0.2) is 0 Å². The van der Waals surface area contributed by atoms with E-state index in [1.165, 1.54) is 5.56 Å². The van der Waals surface area contributed by atoms with E-state index in [4.69, 9.17) is 5.11 Å². The second-order valence-corrected chi connectivity index (χ2v) is 2.42. The Morgan fingerprint density at radius 3 is 2.64 bits per heavy atom. The van der Waals surface area contributed by atoms with Crippen LogP contribution in [0.1, 0.15) is 26.3 Å². The van der Waals surface area contributed by atoms with Crippen molar-refractivity contribution in [1.29, 1.82) is 0 Å². The molecule has 0 amide bonds. The topological polar surface area (TPSA) is 20.2 Å². The van der Waals surface area contributed by atoms with Crippen molar-refractivity contribution < 1.29 is 5.11 Å². The molecule has 0 saturated carbocycles. The van der Waals surface area contributed by atoms with Gasteiger partial charge in [-0.1, -0.05) is 32.9 Å². The van der Waals surface area contributed by atoms with Crippen molar-refractivity contribution in [3.8, 4) is 5.75 Å². The fourth-order valence-electron chi connectivity index (χ4n) is 1.00. The smallest absolute Gasteiger partial charge is 0.115 e. The molecular weight excluding hydrogens is 136 g/mol. The zero-order valence-corrected chi connectivity index (χ0v) is 6.17. The minimum Gasteiger partial charge on any atom is -0.508 e. The number of phenolic OH excluding ortho intramolecular Hbond substituents is 1. The van der Waals surface area contributed by atoms with Gasteiger partial charge in [-0.15, -0.1) is 0 Å². The largest absolute Gasteiger partial charge is 0.508 e. The van der Waals surface area contributed by atoms with E-state index in [-0.39, 0.29) is 7.43 Å². The van der Waals surface area contributed by atoms with Crippen LogP contribution in [0.3, 0.4) is 0 Å². The van der Waals surface area contributed by atoms with Crippen molar-refractivity contribution in [2.45, 2.75) is 27.2 Å². The monoisotopic (exact) mass is 152 g/mol. The van der Waals surface area contributed by atoms with Gasteiger partial charge in [0.2, 0.25) is 0 Å². The van der Waals surface area contributed by atoms with Gasteiger partial charge >= 0.3 is 0 Å². The summed E-state index contributed by atoms with van der Waals surface area (Å²) in [5, 5.41) is 9.04. The van der Waals surface area contributed by atoms with Crippen LogP contribution in [0.5, 0.6) is 5.75 Å². The Hall–Kier alpha value is -0.980. The quantitative estimate of drug-likeness (QED) is 0.690. The molecular formula is C10H16O. The molecule has 0 unspecified atom stereocenters. The van der Waals surface area contributed by atoms with E-state index in [9.17, 15) is 0 Å². The van der Waals surface area contributed by atoms with Crippen molar-refractivity contribution >= 4 is 0 Å². The Morgan fingerprint density at radius 2 is 2.09 bits per heavy atom. The summed E-state index contributed by atoms with van der Waals surface area (Å²) in [6, 6.07) is 7.41. The van der Waals surface area contributed by atoms with Gasteiger partial charge in [-0.05, 0) is 24.1 Å². The van der Waals surface area contributed by atoms with Crippen molar-refractivity contribution in [2.24, 2.45) is 0 Å². The zero-order chi connectivity index (χ0) is 7.40. The lowest BCUT2D eigenvalue weighted by molar-refractivity contribution is 0.474. The first-order valence-electron chi connectivity index (χ1n) is 3.61. The number of hydrogen-bond donors (Lipinski definition) is 1. The summed E-state index contributed by atoms with van der Waals surface area (Å²) in [7, 11) is 0. The fourth-order valence-corrected chi connectivity index (χ4v) is 1.00. The molecule has 0 heterocycles. The molecule has 0 aromatic heterocycles. The predicted molar refractivity (Wildman–Crippen MR) is 48.8 cm³/mol. The van der Waals surface area contributed by atoms with E-state index in [0.717, 1.165) is 12.8 Å². The third-order valence-electron chi connectivity index (χ3n) is 1.45. The summed E-state index contributed by atoms with van der Waals surface area (Å²) in [6.07, 6.45) is 2.18. The van der Waals surface area contributed by atoms with Gasteiger partial charge in [0.1, 0.15) is 5.75 Å². The molecule has 0 radical (unpaired) electrons. The Morgan fingerprint density at radius 1 is 1.36 bits per heavy atom. The highest BCUT2D eigenvalue weighted by atomic mass is 16.3. The minimum absolute atomic E-state index is 0. The normalized spacial score (nSPS) is 8.82. The average Bonchev–Trinajstić information content (AvgIpc) is 1.88. The summed E-state index contributed by atoms with van der Waals surface area (Å²) >= 11 is 0. The summed E-state index contributed by atoms with van der Waals surface area (Å²) < 4.78 is 0. The molecule has 0 aliphatic carbocycles. The van der Waals surface area contributed by atoms with Gasteiger partial charge in [0.15, 0.2) is 0 Å². The number of phenols is 1. The maximum atomic E-state index is 9.04. The second kappa shape index (κ2) is 4.78. The fraction of sp³-hybridized carbons (Fsp3) is 0.400. The van der Waals surface area contributed by atoms with Gasteiger partial charge < -0.3 is 5.11 Å². The molecule has 62 valence electrons. The molecule has 1 aromatic rings. The van der Waals surface area contributed by atoms with Crippen LogP contribution in [0, 0.1) is 0 Å². The summed E-state index contributed by atoms with van der Waals surface area (Å²) in [5.74, 6) is 0.367. The molecule has 11 heavy (non-hydrogen) atoms. The zero-order valence-electron chi connectivity index (χ0n) is 6.17. The summed E-state index contributed by atoms with van der Waals surface area (Å²) in [5.41, 5.74) is 1.21. The molecule has 0 fully saturated rings. The van der Waals surface area contributed by atoms with Gasteiger partial charge in [0.05, 0.1) is 0 Å². The standard InChI is InChI=1S/C9H12O.CH4/c1-2-4-8-5-3-6-9(10)7-8;/h3,5-7,10H,2,4H2,1H3;1H4. The van der Waals surface area contributed by atoms with Crippen molar-refractivity contribution in [1.82, 2.24) is 0 Å². The van der Waals surface area contributed by atoms with Crippen LogP contribution in [0.15, 0.2) is 24.3 Å². The number of hydrogen-bond acceptors (Lipinski definition) is 1. The van der Waals surface area contributed by atoms with Gasteiger partial charge in [0.25, 0.3) is 0 Å². The van der Waals surface area contributed by atoms with Crippen LogP contribution < -0.4 is 0 Å². The molecule has 0 saturated heterocycles. The SMILES string of the molecule is C.CCCc1cccc(O)c1. The average molecular weight is 152 g/mol. The molecule has 1 rings (SSSR count). The molecule has 1 nitrogen and oxygen atoms in total.